The summed E-state index contributed by atoms with van der Waals surface area (Å²) in [5.41, 5.74) is 0. The molecule has 0 unspecified atom stereocenters. The van der Waals surface area contributed by atoms with Crippen molar-refractivity contribution in [1.29, 1.82) is 0 Å². The summed E-state index contributed by atoms with van der Waals surface area (Å²) in [7, 11) is 0. The van der Waals surface area contributed by atoms with Crippen LogP contribution < -0.4 is 0 Å². The van der Waals surface area contributed by atoms with Gasteiger partial charge in [0, 0.05) is 0 Å². The summed E-state index contributed by atoms with van der Waals surface area (Å²) < 4.78 is 0. The molecule has 0 N–H and O–H groups in total. The van der Waals surface area contributed by atoms with Crippen LogP contribution in [-0.2, 0) is 0 Å². The minimum absolute atomic E-state index is 0. The first-order valence-corrected chi connectivity index (χ1v) is 0. The Kier molecular flexibility index (Phi) is 145. The number of rotatable bonds is 0. The fourth-order valence-electron chi connectivity index (χ4n) is 0. The molecule has 0 bridgehead atoms. The third-order valence-electron chi connectivity index (χ3n) is 0. The Hall–Kier alpha value is 5.26. The van der Waals surface area contributed by atoms with Gasteiger partial charge in [0.25, 0.3) is 0 Å². The van der Waals surface area contributed by atoms with Crippen LogP contribution in [0.1, 0.15) is 0 Å². The van der Waals surface area contributed by atoms with Crippen molar-refractivity contribution >= 4 is 156 Å². The summed E-state index contributed by atoms with van der Waals surface area (Å²) in [6.07, 6.45) is 0. The van der Waals surface area contributed by atoms with Gasteiger partial charge in [0.05, 0.1) is 0 Å². The number of hydrogen-bond acceptors (Lipinski definition) is 0. The second kappa shape index (κ2) is 22.8. The van der Waals surface area contributed by atoms with E-state index < -0.39 is 0 Å². The Morgan fingerprint density at radius 1 is 0.400 bits per heavy atom. The van der Waals surface area contributed by atoms with Gasteiger partial charge in [0.2, 0.25) is 0 Å². The molecule has 0 rings (SSSR count). The van der Waals surface area contributed by atoms with Crippen LogP contribution in [0.25, 0.3) is 0 Å². The first kappa shape index (κ1) is 31.8. The van der Waals surface area contributed by atoms with Crippen LogP contribution in [0.15, 0.2) is 0 Å². The third-order valence-corrected chi connectivity index (χ3v) is 0. The quantitative estimate of drug-likeness (QED) is 0.304. The molecule has 0 aliphatic rings. The van der Waals surface area contributed by atoms with E-state index in [0.717, 1.165) is 0 Å². The van der Waals surface area contributed by atoms with Crippen molar-refractivity contribution in [1.82, 2.24) is 0 Å². The molecule has 0 radical (unpaired) electrons. The summed E-state index contributed by atoms with van der Waals surface area (Å²) in [6.45, 7) is 0. The van der Waals surface area contributed by atoms with Gasteiger partial charge in [-0.3, -0.25) is 0 Å². The average Bonchev–Trinajstić information content (AvgIpc) is 0. The fourth-order valence-corrected chi connectivity index (χ4v) is 0. The van der Waals surface area contributed by atoms with Crippen LogP contribution in [0, 0.1) is 0 Å². The minimum atomic E-state index is 0. The summed E-state index contributed by atoms with van der Waals surface area (Å²) in [6, 6.07) is 0. The molecule has 0 amide bonds. The van der Waals surface area contributed by atoms with E-state index in [9.17, 15) is 0 Å². The van der Waals surface area contributed by atoms with E-state index in [0.29, 0.717) is 0 Å². The zero-order valence-corrected chi connectivity index (χ0v) is 0. The van der Waals surface area contributed by atoms with E-state index >= 15 is 0 Å². The van der Waals surface area contributed by atoms with Gasteiger partial charge in [-0.15, -0.1) is 0 Å². The molecule has 0 heterocycles. The van der Waals surface area contributed by atoms with Gasteiger partial charge in [-0.1, -0.05) is 0 Å². The van der Waals surface area contributed by atoms with Gasteiger partial charge >= 0.3 is 156 Å². The van der Waals surface area contributed by atoms with Crippen LogP contribution >= 0.6 is 0 Å². The molecule has 0 aromatic carbocycles. The predicted octanol–water partition coefficient (Wildman–Crippen LogP) is -3.51. The van der Waals surface area contributed by atoms with Crippen molar-refractivity contribution < 1.29 is 0 Å². The molecule has 0 aromatic heterocycles. The average molecular weight is 138 g/mol. The van der Waals surface area contributed by atoms with Gasteiger partial charge in [-0.2, -0.15) is 0 Å². The van der Waals surface area contributed by atoms with Crippen molar-refractivity contribution in [3.8, 4) is 0 Å². The first-order valence-electron chi connectivity index (χ1n) is 0. The Balaban J connectivity index is 0. The van der Waals surface area contributed by atoms with E-state index in [1.165, 1.54) is 0 Å². The Bertz CT molecular complexity index is 3.61. The van der Waals surface area contributed by atoms with Crippen molar-refractivity contribution in [3.05, 3.63) is 0 Å². The van der Waals surface area contributed by atoms with E-state index in [2.05, 4.69) is 0 Å². The molecule has 0 nitrogen and oxygen atoms in total. The zero-order valence-electron chi connectivity index (χ0n) is 0. The standard InChI is InChI=1S/Ca.4Na.6H. The van der Waals surface area contributed by atoms with Gasteiger partial charge in [0.1, 0.15) is 0 Å². The molecule has 0 saturated heterocycles. The number of hydrogen-bond donors (Lipinski definition) is 0. The molecule has 0 spiro atoms. The molecule has 0 aromatic rings. The van der Waals surface area contributed by atoms with Gasteiger partial charge < -0.3 is 0 Å². The molecule has 0 saturated carbocycles. The second-order valence-electron chi connectivity index (χ2n) is 0. The van der Waals surface area contributed by atoms with E-state index in [4.69, 9.17) is 0 Å². The monoisotopic (exact) mass is 138 g/mol. The molecule has 5 heteroatoms. The van der Waals surface area contributed by atoms with Crippen LogP contribution in [0.5, 0.6) is 0 Å². The topological polar surface area (TPSA) is 0 Å². The normalized spacial score (nSPS) is 0. The van der Waals surface area contributed by atoms with E-state index in [1.54, 1.807) is 0 Å². The SMILES string of the molecule is [CaH2].[NaH].[NaH].[NaH].[NaH]. The van der Waals surface area contributed by atoms with E-state index in [1.807, 2.05) is 0 Å². The summed E-state index contributed by atoms with van der Waals surface area (Å²) in [5.74, 6) is 0. The van der Waals surface area contributed by atoms with Crippen molar-refractivity contribution in [2.45, 2.75) is 0 Å². The molecule has 0 atom stereocenters. The molecular formula is H6CaNa4. The van der Waals surface area contributed by atoms with Crippen molar-refractivity contribution in [2.75, 3.05) is 0 Å². The van der Waals surface area contributed by atoms with Crippen LogP contribution in [-0.4, -0.2) is 156 Å². The van der Waals surface area contributed by atoms with Gasteiger partial charge in [-0.05, 0) is 0 Å². The van der Waals surface area contributed by atoms with Gasteiger partial charge in [-0.25, -0.2) is 0 Å². The molecule has 0 aliphatic heterocycles. The maximum absolute atomic E-state index is 0. The second-order valence-corrected chi connectivity index (χ2v) is 0. The van der Waals surface area contributed by atoms with E-state index in [-0.39, 0.29) is 156 Å². The Morgan fingerprint density at radius 2 is 0.400 bits per heavy atom. The van der Waals surface area contributed by atoms with Crippen molar-refractivity contribution in [2.24, 2.45) is 0 Å². The Morgan fingerprint density at radius 3 is 0.400 bits per heavy atom. The maximum atomic E-state index is 0. The van der Waals surface area contributed by atoms with Crippen LogP contribution in [0.4, 0.5) is 0 Å². The van der Waals surface area contributed by atoms with Crippen LogP contribution in [0.2, 0.25) is 0 Å². The summed E-state index contributed by atoms with van der Waals surface area (Å²) in [4.78, 5) is 0. The molecule has 0 aliphatic carbocycles. The predicted molar refractivity (Wildman–Crippen MR) is 37.1 cm³/mol. The summed E-state index contributed by atoms with van der Waals surface area (Å²) in [5, 5.41) is 0. The van der Waals surface area contributed by atoms with Gasteiger partial charge in [0.15, 0.2) is 0 Å². The third kappa shape index (κ3) is 17.6. The molecule has 0 fully saturated rings. The fraction of sp³-hybridized carbons (Fsp3) is 0. The van der Waals surface area contributed by atoms with Crippen molar-refractivity contribution in [3.63, 3.8) is 0 Å². The Labute approximate surface area is 151 Å². The van der Waals surface area contributed by atoms with Crippen LogP contribution in [0.3, 0.4) is 0 Å². The first-order chi connectivity index (χ1) is 0. The molecular weight excluding hydrogens is 132 g/mol. The summed E-state index contributed by atoms with van der Waals surface area (Å²) >= 11 is 0. The molecule has 5 heavy (non-hydrogen) atoms. The zero-order chi connectivity index (χ0) is 0. The molecule has 12 valence electrons.